The third kappa shape index (κ3) is 3.31. The van der Waals surface area contributed by atoms with Crippen molar-refractivity contribution in [2.24, 2.45) is 17.8 Å². The molecule has 1 saturated heterocycles. The van der Waals surface area contributed by atoms with Crippen LogP contribution in [0.5, 0.6) is 0 Å². The lowest BCUT2D eigenvalue weighted by Crippen LogP contribution is -2.40. The summed E-state index contributed by atoms with van der Waals surface area (Å²) in [7, 11) is 0. The van der Waals surface area contributed by atoms with E-state index in [1.807, 2.05) is 6.07 Å². The fourth-order valence-electron chi connectivity index (χ4n) is 3.81. The van der Waals surface area contributed by atoms with Crippen molar-refractivity contribution in [1.82, 2.24) is 15.2 Å². The number of nitrogens with one attached hydrogen (secondary N) is 1. The van der Waals surface area contributed by atoms with Gasteiger partial charge in [0, 0.05) is 31.4 Å². The molecule has 0 unspecified atom stereocenters. The Morgan fingerprint density at radius 3 is 2.92 bits per heavy atom. The Hall–Kier alpha value is -2.41. The number of amides is 3. The monoisotopic (exact) mass is 369 g/mol. The number of imide groups is 1. The number of carbonyl (C=O) groups excluding carboxylic acids is 3. The molecule has 2 fully saturated rings. The zero-order valence-electron chi connectivity index (χ0n) is 14.1. The van der Waals surface area contributed by atoms with Crippen molar-refractivity contribution in [2.45, 2.75) is 12.8 Å². The Labute approximate surface area is 155 Å². The minimum Gasteiger partial charge on any atom is -0.354 e. The van der Waals surface area contributed by atoms with Crippen molar-refractivity contribution in [2.75, 3.05) is 13.1 Å². The molecule has 6 nitrogen and oxygen atoms in total. The van der Waals surface area contributed by atoms with Gasteiger partial charge in [-0.05, 0) is 54.1 Å². The van der Waals surface area contributed by atoms with Gasteiger partial charge in [0.1, 0.15) is 0 Å². The first-order chi connectivity index (χ1) is 12.6. The van der Waals surface area contributed by atoms with E-state index in [1.54, 1.807) is 24.5 Å². The van der Waals surface area contributed by atoms with Gasteiger partial charge >= 0.3 is 0 Å². The van der Waals surface area contributed by atoms with Crippen LogP contribution in [-0.2, 0) is 9.59 Å². The average molecular weight is 369 g/mol. The van der Waals surface area contributed by atoms with E-state index in [2.05, 4.69) is 22.5 Å². The van der Waals surface area contributed by atoms with Gasteiger partial charge in [-0.1, -0.05) is 18.2 Å². The minimum atomic E-state index is -0.319. The third-order valence-electron chi connectivity index (χ3n) is 5.11. The number of carbonyl (C=O) groups is 3. The van der Waals surface area contributed by atoms with Crippen LogP contribution in [0.3, 0.4) is 0 Å². The van der Waals surface area contributed by atoms with Crippen LogP contribution in [0, 0.1) is 17.8 Å². The van der Waals surface area contributed by atoms with Crippen molar-refractivity contribution in [3.63, 3.8) is 0 Å². The molecule has 1 saturated carbocycles. The molecule has 0 radical (unpaired) electrons. The molecule has 3 amide bonds. The van der Waals surface area contributed by atoms with Gasteiger partial charge in [0.25, 0.3) is 11.1 Å². The van der Waals surface area contributed by atoms with Crippen LogP contribution in [0.4, 0.5) is 4.79 Å². The summed E-state index contributed by atoms with van der Waals surface area (Å²) in [5.41, 5.74) is 0.774. The number of fused-ring (bicyclic) bond motifs is 2. The summed E-state index contributed by atoms with van der Waals surface area (Å²) < 4.78 is 0. The first-order valence-electron chi connectivity index (χ1n) is 8.73. The largest absolute Gasteiger partial charge is 0.354 e. The minimum absolute atomic E-state index is 0.0275. The molecule has 4 rings (SSSR count). The van der Waals surface area contributed by atoms with Crippen LogP contribution in [0.25, 0.3) is 6.08 Å². The van der Waals surface area contributed by atoms with Crippen LogP contribution in [-0.4, -0.2) is 40.0 Å². The van der Waals surface area contributed by atoms with Gasteiger partial charge in [-0.25, -0.2) is 0 Å². The summed E-state index contributed by atoms with van der Waals surface area (Å²) >= 11 is 0.920. The lowest BCUT2D eigenvalue weighted by atomic mass is 9.93. The SMILES string of the molecule is O=C(NCCN1C(=O)S/C(=C\c2cccnc2)C1=O)[C@H]1C[C@@H]2C=C[C@H]1C2. The summed E-state index contributed by atoms with van der Waals surface area (Å²) in [4.78, 5) is 42.4. The molecule has 0 aromatic carbocycles. The van der Waals surface area contributed by atoms with E-state index in [0.717, 1.165) is 30.2 Å². The van der Waals surface area contributed by atoms with Crippen molar-refractivity contribution in [1.29, 1.82) is 0 Å². The number of allylic oxidation sites excluding steroid dienone is 2. The summed E-state index contributed by atoms with van der Waals surface area (Å²) in [6, 6.07) is 3.60. The van der Waals surface area contributed by atoms with Gasteiger partial charge in [-0.2, -0.15) is 0 Å². The van der Waals surface area contributed by atoms with Gasteiger partial charge in [-0.3, -0.25) is 24.3 Å². The highest BCUT2D eigenvalue weighted by molar-refractivity contribution is 8.18. The van der Waals surface area contributed by atoms with Gasteiger partial charge in [0.2, 0.25) is 5.91 Å². The van der Waals surface area contributed by atoms with E-state index < -0.39 is 0 Å². The van der Waals surface area contributed by atoms with E-state index in [-0.39, 0.29) is 36.1 Å². The second-order valence-corrected chi connectivity index (χ2v) is 7.79. The van der Waals surface area contributed by atoms with E-state index in [4.69, 9.17) is 0 Å². The maximum Gasteiger partial charge on any atom is 0.293 e. The number of nitrogens with zero attached hydrogens (tertiary/aromatic N) is 2. The molecule has 1 aliphatic heterocycles. The molecule has 3 atom stereocenters. The first-order valence-corrected chi connectivity index (χ1v) is 9.55. The van der Waals surface area contributed by atoms with Gasteiger partial charge in [-0.15, -0.1) is 0 Å². The Bertz CT molecular complexity index is 806. The standard InChI is InChI=1S/C19H19N3O3S/c23-17(15-9-12-3-4-14(15)8-12)21-6-7-22-18(24)16(26-19(22)25)10-13-2-1-5-20-11-13/h1-5,10-12,14-15H,6-9H2,(H,21,23)/b16-10-/t12-,14+,15+/m1/s1. The second-order valence-electron chi connectivity index (χ2n) is 6.80. The van der Waals surface area contributed by atoms with Crippen LogP contribution < -0.4 is 5.32 Å². The van der Waals surface area contributed by atoms with Crippen molar-refractivity contribution in [3.8, 4) is 0 Å². The van der Waals surface area contributed by atoms with E-state index in [9.17, 15) is 14.4 Å². The molecular formula is C19H19N3O3S. The maximum absolute atomic E-state index is 12.4. The number of thioether (sulfide) groups is 1. The zero-order chi connectivity index (χ0) is 18.1. The zero-order valence-corrected chi connectivity index (χ0v) is 14.9. The molecule has 2 heterocycles. The van der Waals surface area contributed by atoms with Gasteiger partial charge in [0.15, 0.2) is 0 Å². The molecule has 26 heavy (non-hydrogen) atoms. The van der Waals surface area contributed by atoms with E-state index in [0.29, 0.717) is 16.7 Å². The predicted octanol–water partition coefficient (Wildman–Crippen LogP) is 2.45. The lowest BCUT2D eigenvalue weighted by Gasteiger charge is -2.19. The molecular weight excluding hydrogens is 350 g/mol. The smallest absolute Gasteiger partial charge is 0.293 e. The first kappa shape index (κ1) is 17.0. The lowest BCUT2D eigenvalue weighted by molar-refractivity contribution is -0.127. The van der Waals surface area contributed by atoms with Crippen LogP contribution in [0.1, 0.15) is 18.4 Å². The highest BCUT2D eigenvalue weighted by atomic mass is 32.2. The Kier molecular flexibility index (Phi) is 4.63. The number of pyridine rings is 1. The number of hydrogen-bond acceptors (Lipinski definition) is 5. The number of rotatable bonds is 5. The fraction of sp³-hybridized carbons (Fsp3) is 0.368. The summed E-state index contributed by atoms with van der Waals surface area (Å²) in [5, 5.41) is 2.58. The van der Waals surface area contributed by atoms with Gasteiger partial charge < -0.3 is 5.32 Å². The normalized spacial score (nSPS) is 28.4. The third-order valence-corrected chi connectivity index (χ3v) is 6.01. The van der Waals surface area contributed by atoms with Gasteiger partial charge in [0.05, 0.1) is 4.91 Å². The molecule has 1 aromatic rings. The van der Waals surface area contributed by atoms with Crippen LogP contribution in [0.15, 0.2) is 41.6 Å². The number of hydrogen-bond donors (Lipinski definition) is 1. The molecule has 1 N–H and O–H groups in total. The van der Waals surface area contributed by atoms with E-state index >= 15 is 0 Å². The topological polar surface area (TPSA) is 79.4 Å². The highest BCUT2D eigenvalue weighted by Crippen LogP contribution is 2.43. The molecule has 7 heteroatoms. The molecule has 0 spiro atoms. The molecule has 1 aromatic heterocycles. The molecule has 2 bridgehead atoms. The number of aromatic nitrogens is 1. The summed E-state index contributed by atoms with van der Waals surface area (Å²) in [5.74, 6) is 0.625. The van der Waals surface area contributed by atoms with Crippen LogP contribution in [0.2, 0.25) is 0 Å². The Balaban J connectivity index is 1.31. The fourth-order valence-corrected chi connectivity index (χ4v) is 4.67. The molecule has 3 aliphatic rings. The highest BCUT2D eigenvalue weighted by Gasteiger charge is 2.40. The van der Waals surface area contributed by atoms with E-state index in [1.165, 1.54) is 4.90 Å². The predicted molar refractivity (Wildman–Crippen MR) is 98.8 cm³/mol. The molecule has 2 aliphatic carbocycles. The quantitative estimate of drug-likeness (QED) is 0.637. The summed E-state index contributed by atoms with van der Waals surface area (Å²) in [6.07, 6.45) is 11.3. The van der Waals surface area contributed by atoms with Crippen molar-refractivity contribution >= 4 is 34.9 Å². The second kappa shape index (κ2) is 7.07. The maximum atomic E-state index is 12.4. The Morgan fingerprint density at radius 2 is 2.23 bits per heavy atom. The Morgan fingerprint density at radius 1 is 1.35 bits per heavy atom. The van der Waals surface area contributed by atoms with Crippen LogP contribution >= 0.6 is 11.8 Å². The summed E-state index contributed by atoms with van der Waals surface area (Å²) in [6.45, 7) is 0.478. The molecule has 134 valence electrons. The average Bonchev–Trinajstić information content (AvgIpc) is 3.34. The van der Waals surface area contributed by atoms with Crippen molar-refractivity contribution in [3.05, 3.63) is 47.1 Å². The van der Waals surface area contributed by atoms with Crippen molar-refractivity contribution < 1.29 is 14.4 Å².